The van der Waals surface area contributed by atoms with Gasteiger partial charge in [-0.1, -0.05) is 17.8 Å². The van der Waals surface area contributed by atoms with Crippen LogP contribution in [0.4, 0.5) is 18.9 Å². The maximum atomic E-state index is 12.8. The first-order valence-corrected chi connectivity index (χ1v) is 10.7. The van der Waals surface area contributed by atoms with Gasteiger partial charge >= 0.3 is 12.1 Å². The lowest BCUT2D eigenvalue weighted by molar-refractivity contribution is -0.138. The Hall–Kier alpha value is -3.40. The highest BCUT2D eigenvalue weighted by molar-refractivity contribution is 8.18. The predicted molar refractivity (Wildman–Crippen MR) is 120 cm³/mol. The van der Waals surface area contributed by atoms with Crippen LogP contribution in [0.25, 0.3) is 6.08 Å². The third-order valence-corrected chi connectivity index (χ3v) is 5.40. The van der Waals surface area contributed by atoms with Crippen LogP contribution in [0.5, 0.6) is 11.5 Å². The third-order valence-electron chi connectivity index (χ3n) is 4.38. The summed E-state index contributed by atoms with van der Waals surface area (Å²) in [5.41, 5.74) is -0.266. The second-order valence-electron chi connectivity index (χ2n) is 6.68. The molecule has 1 aliphatic heterocycles. The van der Waals surface area contributed by atoms with Crippen molar-refractivity contribution < 1.29 is 37.7 Å². The van der Waals surface area contributed by atoms with E-state index in [1.165, 1.54) is 18.2 Å². The minimum Gasteiger partial charge on any atom is -0.506 e. The van der Waals surface area contributed by atoms with E-state index < -0.39 is 17.7 Å². The lowest BCUT2D eigenvalue weighted by Gasteiger charge is -2.07. The summed E-state index contributed by atoms with van der Waals surface area (Å²) >= 11 is 0.965. The molecule has 2 N–H and O–H groups in total. The summed E-state index contributed by atoms with van der Waals surface area (Å²) in [6.07, 6.45) is -2.92. The summed E-state index contributed by atoms with van der Waals surface area (Å²) in [5.74, 6) is -0.968. The van der Waals surface area contributed by atoms with Gasteiger partial charge in [-0.05, 0) is 61.9 Å². The van der Waals surface area contributed by atoms with Gasteiger partial charge in [-0.25, -0.2) is 9.79 Å². The van der Waals surface area contributed by atoms with Crippen molar-refractivity contribution in [2.24, 2.45) is 4.99 Å². The average molecular weight is 479 g/mol. The number of thioether (sulfide) groups is 1. The van der Waals surface area contributed by atoms with E-state index in [2.05, 4.69) is 4.99 Å². The summed E-state index contributed by atoms with van der Waals surface area (Å²) in [4.78, 5) is 17.0. The highest BCUT2D eigenvalue weighted by Crippen LogP contribution is 2.41. The number of carbonyl (C=O) groups excluding carboxylic acids is 1. The first kappa shape index (κ1) is 24.2. The zero-order valence-corrected chi connectivity index (χ0v) is 18.5. The van der Waals surface area contributed by atoms with Crippen LogP contribution in [0.1, 0.15) is 25.0 Å². The molecule has 0 amide bonds. The molecule has 0 fully saturated rings. The molecule has 0 spiro atoms. The largest absolute Gasteiger partial charge is 0.506 e. The van der Waals surface area contributed by atoms with Gasteiger partial charge in [0, 0.05) is 0 Å². The molecule has 2 aromatic carbocycles. The summed E-state index contributed by atoms with van der Waals surface area (Å²) in [5, 5.41) is 20.7. The number of phenols is 1. The van der Waals surface area contributed by atoms with E-state index in [1.54, 1.807) is 32.1 Å². The predicted octanol–water partition coefficient (Wildman–Crippen LogP) is 6.00. The fraction of sp³-hybridized carbons (Fsp3) is 0.217. The Bertz CT molecular complexity index is 1140. The van der Waals surface area contributed by atoms with Crippen molar-refractivity contribution in [1.82, 2.24) is 0 Å². The van der Waals surface area contributed by atoms with Crippen LogP contribution in [0, 0.1) is 0 Å². The van der Waals surface area contributed by atoms with Gasteiger partial charge in [0.2, 0.25) is 0 Å². The number of esters is 1. The van der Waals surface area contributed by atoms with Crippen molar-refractivity contribution in [2.75, 3.05) is 13.2 Å². The number of nitrogens with zero attached hydrogens (tertiary/aromatic N) is 1. The Morgan fingerprint density at radius 2 is 1.79 bits per heavy atom. The molecule has 0 radical (unpaired) electrons. The molecule has 6 nitrogen and oxygen atoms in total. The first-order chi connectivity index (χ1) is 15.6. The van der Waals surface area contributed by atoms with Gasteiger partial charge in [0.15, 0.2) is 11.5 Å². The van der Waals surface area contributed by atoms with Gasteiger partial charge in [-0.3, -0.25) is 0 Å². The van der Waals surface area contributed by atoms with Crippen LogP contribution < -0.4 is 4.74 Å². The molecule has 0 aliphatic carbocycles. The number of benzene rings is 2. The molecule has 0 saturated heterocycles. The van der Waals surface area contributed by atoms with Gasteiger partial charge < -0.3 is 19.7 Å². The fourth-order valence-electron chi connectivity index (χ4n) is 2.88. The molecule has 0 saturated carbocycles. The van der Waals surface area contributed by atoms with Crippen molar-refractivity contribution in [2.45, 2.75) is 20.0 Å². The molecule has 3 rings (SSSR count). The number of rotatable bonds is 6. The number of phenolic OH excluding ortho intramolecular Hbond substituents is 1. The molecular formula is C23H20F3NO5S. The highest BCUT2D eigenvalue weighted by atomic mass is 32.2. The normalized spacial score (nSPS) is 16.5. The molecular weight excluding hydrogens is 459 g/mol. The number of aliphatic imine (C=N–C) groups is 1. The molecule has 0 aromatic heterocycles. The maximum Gasteiger partial charge on any atom is 0.416 e. The van der Waals surface area contributed by atoms with Crippen LogP contribution in [0.2, 0.25) is 0 Å². The summed E-state index contributed by atoms with van der Waals surface area (Å²) < 4.78 is 48.8. The second kappa shape index (κ2) is 10.0. The smallest absolute Gasteiger partial charge is 0.416 e. The van der Waals surface area contributed by atoms with Gasteiger partial charge in [-0.15, -0.1) is 0 Å². The Morgan fingerprint density at radius 3 is 2.39 bits per heavy atom. The van der Waals surface area contributed by atoms with Crippen molar-refractivity contribution >= 4 is 34.5 Å². The van der Waals surface area contributed by atoms with Crippen LogP contribution in [-0.4, -0.2) is 34.4 Å². The fourth-order valence-corrected chi connectivity index (χ4v) is 3.91. The second-order valence-corrected chi connectivity index (χ2v) is 7.71. The Balaban J connectivity index is 2.00. The van der Waals surface area contributed by atoms with Gasteiger partial charge in [-0.2, -0.15) is 13.2 Å². The zero-order valence-electron chi connectivity index (χ0n) is 17.6. The third kappa shape index (κ3) is 5.70. The number of aliphatic hydroxyl groups is 1. The maximum absolute atomic E-state index is 12.8. The number of alkyl halides is 3. The van der Waals surface area contributed by atoms with E-state index in [1.807, 2.05) is 0 Å². The average Bonchev–Trinajstić information content (AvgIpc) is 3.05. The molecule has 1 heterocycles. The molecule has 33 heavy (non-hydrogen) atoms. The van der Waals surface area contributed by atoms with E-state index in [0.29, 0.717) is 12.2 Å². The number of aliphatic hydroxyl groups excluding tert-OH is 1. The van der Waals surface area contributed by atoms with E-state index in [0.717, 1.165) is 23.9 Å². The standard InChI is InChI=1S/C23H20F3NO5S/c1-3-31-17-11-13(5-10-16(17)28)12-18-20(29)19(22(30)32-4-2)21(33-18)27-15-8-6-14(7-9-15)23(24,25)26/h5-12,28-29H,3-4H2,1-2H3/b18-12+,27-21?. The molecule has 0 bridgehead atoms. The summed E-state index contributed by atoms with van der Waals surface area (Å²) in [6, 6.07) is 8.70. The van der Waals surface area contributed by atoms with Gasteiger partial charge in [0.25, 0.3) is 0 Å². The van der Waals surface area contributed by atoms with Crippen LogP contribution in [0.15, 0.2) is 63.7 Å². The number of aromatic hydroxyl groups is 1. The summed E-state index contributed by atoms with van der Waals surface area (Å²) in [6.45, 7) is 3.77. The van der Waals surface area contributed by atoms with Gasteiger partial charge in [0.1, 0.15) is 16.4 Å². The number of carbonyl (C=O) groups is 1. The summed E-state index contributed by atoms with van der Waals surface area (Å²) in [7, 11) is 0. The minimum atomic E-state index is -4.48. The van der Waals surface area contributed by atoms with Crippen LogP contribution in [-0.2, 0) is 15.7 Å². The lowest BCUT2D eigenvalue weighted by Crippen LogP contribution is -2.12. The number of hydrogen-bond donors (Lipinski definition) is 2. The Morgan fingerprint density at radius 1 is 1.09 bits per heavy atom. The highest BCUT2D eigenvalue weighted by Gasteiger charge is 2.34. The zero-order chi connectivity index (χ0) is 24.2. The van der Waals surface area contributed by atoms with E-state index in [4.69, 9.17) is 9.47 Å². The van der Waals surface area contributed by atoms with Crippen molar-refractivity contribution in [3.63, 3.8) is 0 Å². The topological polar surface area (TPSA) is 88.4 Å². The Kier molecular flexibility index (Phi) is 7.37. The molecule has 174 valence electrons. The van der Waals surface area contributed by atoms with Gasteiger partial charge in [0.05, 0.1) is 29.4 Å². The molecule has 10 heteroatoms. The monoisotopic (exact) mass is 479 g/mol. The van der Waals surface area contributed by atoms with Crippen LogP contribution in [0.3, 0.4) is 0 Å². The van der Waals surface area contributed by atoms with Crippen molar-refractivity contribution in [3.8, 4) is 11.5 Å². The van der Waals surface area contributed by atoms with E-state index in [-0.39, 0.29) is 45.1 Å². The minimum absolute atomic E-state index is 0.0467. The molecule has 0 unspecified atom stereocenters. The van der Waals surface area contributed by atoms with E-state index >= 15 is 0 Å². The van der Waals surface area contributed by atoms with E-state index in [9.17, 15) is 28.2 Å². The quantitative estimate of drug-likeness (QED) is 0.494. The van der Waals surface area contributed by atoms with Crippen LogP contribution >= 0.6 is 11.8 Å². The molecule has 1 aliphatic rings. The van der Waals surface area contributed by atoms with Crippen molar-refractivity contribution in [1.29, 1.82) is 0 Å². The molecule has 0 atom stereocenters. The Labute approximate surface area is 192 Å². The van der Waals surface area contributed by atoms with Crippen molar-refractivity contribution in [3.05, 3.63) is 69.8 Å². The first-order valence-electron chi connectivity index (χ1n) is 9.86. The molecule has 2 aromatic rings. The number of ether oxygens (including phenoxy) is 2. The number of halogens is 3. The SMILES string of the molecule is CCOC(=O)C1=C(O)/C(=C\c2ccc(O)c(OCC)c2)SC1=Nc1ccc(C(F)(F)F)cc1. The number of hydrogen-bond acceptors (Lipinski definition) is 7. The lowest BCUT2D eigenvalue weighted by atomic mass is 10.1.